The van der Waals surface area contributed by atoms with Crippen molar-refractivity contribution in [1.82, 2.24) is 14.9 Å². The molecule has 0 spiro atoms. The smallest absolute Gasteiger partial charge is 0.129 e. The van der Waals surface area contributed by atoms with Gasteiger partial charge in [-0.1, -0.05) is 36.9 Å². The van der Waals surface area contributed by atoms with Crippen LogP contribution < -0.4 is 5.32 Å². The van der Waals surface area contributed by atoms with Gasteiger partial charge < -0.3 is 15.2 Å². The summed E-state index contributed by atoms with van der Waals surface area (Å²) in [6.07, 6.45) is 16.6. The lowest BCUT2D eigenvalue weighted by molar-refractivity contribution is 0.530. The summed E-state index contributed by atoms with van der Waals surface area (Å²) in [4.78, 5) is 10.3. The monoisotopic (exact) mass is 492 g/mol. The summed E-state index contributed by atoms with van der Waals surface area (Å²) >= 11 is 0. The Labute approximate surface area is 219 Å². The van der Waals surface area contributed by atoms with E-state index in [1.54, 1.807) is 12.1 Å². The van der Waals surface area contributed by atoms with E-state index in [1.807, 2.05) is 63.4 Å². The maximum absolute atomic E-state index is 13.9. The first-order chi connectivity index (χ1) is 17.9. The number of nitrogens with one attached hydrogen (secondary N) is 2. The number of hydrogen-bond acceptors (Lipinski definition) is 3. The average molecular weight is 493 g/mol. The van der Waals surface area contributed by atoms with Gasteiger partial charge in [0.15, 0.2) is 0 Å². The fraction of sp³-hybridized carbons (Fsp3) is 0.156. The maximum atomic E-state index is 13.9. The number of nitrogens with zero attached hydrogens (tertiary/aromatic N) is 2. The lowest BCUT2D eigenvalue weighted by atomic mass is 10.0. The molecule has 0 atom stereocenters. The summed E-state index contributed by atoms with van der Waals surface area (Å²) in [6, 6.07) is 17.1. The Morgan fingerprint density at radius 2 is 1.89 bits per heavy atom. The van der Waals surface area contributed by atoms with Gasteiger partial charge in [0.2, 0.25) is 0 Å². The molecule has 0 fully saturated rings. The van der Waals surface area contributed by atoms with Gasteiger partial charge in [-0.25, -0.2) is 9.37 Å². The topological polar surface area (TPSA) is 44.0 Å². The number of benzene rings is 2. The van der Waals surface area contributed by atoms with Crippen LogP contribution in [-0.2, 0) is 6.42 Å². The van der Waals surface area contributed by atoms with Crippen LogP contribution in [0.15, 0.2) is 91.3 Å². The Balaban J connectivity index is 0.00000186. The van der Waals surface area contributed by atoms with E-state index in [9.17, 15) is 4.39 Å². The van der Waals surface area contributed by atoms with E-state index in [-0.39, 0.29) is 5.82 Å². The van der Waals surface area contributed by atoms with E-state index in [1.165, 1.54) is 6.07 Å². The summed E-state index contributed by atoms with van der Waals surface area (Å²) in [5, 5.41) is 4.29. The number of pyridine rings is 1. The number of allylic oxidation sites excluding steroid dienone is 4. The molecule has 188 valence electrons. The van der Waals surface area contributed by atoms with Crippen molar-refractivity contribution >= 4 is 22.3 Å². The zero-order valence-electron chi connectivity index (χ0n) is 21.8. The van der Waals surface area contributed by atoms with Crippen LogP contribution in [0.4, 0.5) is 10.2 Å². The van der Waals surface area contributed by atoms with E-state index >= 15 is 0 Å². The standard InChI is InChI=1S/C30H31FN4.C2H2/c1-6-20(17-26(7-2)35(4)5)23-14-22(30(32-3)33-19-23)16-25-18-28-27(12-9-13-29(28)34-25)21-10-8-11-24(31)15-21;1-2/h6-15,17-19,34H,2,16H2,1,3-5H3,(H,32,33);1-2H/b20-6+,26-17+;. The second kappa shape index (κ2) is 12.4. The molecule has 2 aromatic carbocycles. The first-order valence-corrected chi connectivity index (χ1v) is 12.0. The summed E-state index contributed by atoms with van der Waals surface area (Å²) in [5.74, 6) is 0.605. The highest BCUT2D eigenvalue weighted by atomic mass is 19.1. The Hall–Kier alpha value is -4.56. The Kier molecular flexibility index (Phi) is 9.07. The molecule has 2 heterocycles. The highest BCUT2D eigenvalue weighted by molar-refractivity contribution is 5.95. The van der Waals surface area contributed by atoms with Gasteiger partial charge in [0.05, 0.1) is 0 Å². The van der Waals surface area contributed by atoms with Gasteiger partial charge in [0.25, 0.3) is 0 Å². The van der Waals surface area contributed by atoms with Crippen LogP contribution in [0.2, 0.25) is 0 Å². The number of aromatic amines is 1. The van der Waals surface area contributed by atoms with E-state index in [2.05, 4.69) is 60.1 Å². The first-order valence-electron chi connectivity index (χ1n) is 12.0. The zero-order valence-corrected chi connectivity index (χ0v) is 21.8. The molecule has 0 aliphatic carbocycles. The van der Waals surface area contributed by atoms with Crippen molar-refractivity contribution in [3.63, 3.8) is 0 Å². The van der Waals surface area contributed by atoms with Crippen LogP contribution in [0.1, 0.15) is 23.7 Å². The van der Waals surface area contributed by atoms with Gasteiger partial charge in [-0.15, -0.1) is 12.8 Å². The van der Waals surface area contributed by atoms with Gasteiger partial charge in [0, 0.05) is 67.2 Å². The number of hydrogen-bond donors (Lipinski definition) is 2. The predicted octanol–water partition coefficient (Wildman–Crippen LogP) is 7.29. The molecule has 0 amide bonds. The normalized spacial score (nSPS) is 11.5. The molecule has 4 nitrogen and oxygen atoms in total. The van der Waals surface area contributed by atoms with Crippen molar-refractivity contribution in [2.24, 2.45) is 0 Å². The van der Waals surface area contributed by atoms with Gasteiger partial charge in [-0.3, -0.25) is 0 Å². The van der Waals surface area contributed by atoms with Gasteiger partial charge in [0.1, 0.15) is 11.6 Å². The highest BCUT2D eigenvalue weighted by Gasteiger charge is 2.12. The molecule has 0 unspecified atom stereocenters. The SMILES string of the molecule is C#C.C=C/C(=C\C(=C/C)c1cnc(NC)c(Cc2cc3c(-c4cccc(F)c4)cccc3[nH]2)c1)N(C)C. The predicted molar refractivity (Wildman–Crippen MR) is 156 cm³/mol. The molecular weight excluding hydrogens is 459 g/mol. The quantitative estimate of drug-likeness (QED) is 0.201. The summed E-state index contributed by atoms with van der Waals surface area (Å²) in [7, 11) is 5.89. The van der Waals surface area contributed by atoms with Crippen LogP contribution in [0.25, 0.3) is 27.6 Å². The molecule has 37 heavy (non-hydrogen) atoms. The molecule has 0 saturated heterocycles. The number of anilines is 1. The molecule has 5 heteroatoms. The molecule has 2 aromatic heterocycles. The lowest BCUT2D eigenvalue weighted by Crippen LogP contribution is -2.09. The Morgan fingerprint density at radius 3 is 2.54 bits per heavy atom. The third kappa shape index (κ3) is 6.17. The Morgan fingerprint density at radius 1 is 1.14 bits per heavy atom. The van der Waals surface area contributed by atoms with E-state index in [0.717, 1.165) is 55.9 Å². The lowest BCUT2D eigenvalue weighted by Gasteiger charge is -2.15. The van der Waals surface area contributed by atoms with E-state index < -0.39 is 0 Å². The van der Waals surface area contributed by atoms with E-state index in [4.69, 9.17) is 4.98 Å². The molecule has 2 N–H and O–H groups in total. The first kappa shape index (κ1) is 27.0. The fourth-order valence-electron chi connectivity index (χ4n) is 4.31. The van der Waals surface area contributed by atoms with Gasteiger partial charge in [-0.05, 0) is 66.1 Å². The van der Waals surface area contributed by atoms with Gasteiger partial charge in [-0.2, -0.15) is 0 Å². The third-order valence-electron chi connectivity index (χ3n) is 6.11. The van der Waals surface area contributed by atoms with Gasteiger partial charge >= 0.3 is 0 Å². The molecular formula is C32H33FN4. The second-order valence-corrected chi connectivity index (χ2v) is 8.64. The minimum atomic E-state index is -0.237. The number of terminal acetylenes is 1. The molecule has 0 aliphatic rings. The molecule has 0 radical (unpaired) electrons. The van der Waals surface area contributed by atoms with Crippen molar-refractivity contribution < 1.29 is 4.39 Å². The van der Waals surface area contributed by atoms with Crippen molar-refractivity contribution in [2.45, 2.75) is 13.3 Å². The number of fused-ring (bicyclic) bond motifs is 1. The second-order valence-electron chi connectivity index (χ2n) is 8.64. The number of rotatable bonds is 8. The number of aromatic nitrogens is 2. The Bertz CT molecular complexity index is 1470. The van der Waals surface area contributed by atoms with Crippen LogP contribution in [-0.4, -0.2) is 36.0 Å². The average Bonchev–Trinajstić information content (AvgIpc) is 3.33. The minimum Gasteiger partial charge on any atom is -0.378 e. The van der Waals surface area contributed by atoms with Crippen LogP contribution in [0.5, 0.6) is 0 Å². The zero-order chi connectivity index (χ0) is 26.9. The summed E-state index contributed by atoms with van der Waals surface area (Å²) in [6.45, 7) is 5.96. The summed E-state index contributed by atoms with van der Waals surface area (Å²) in [5.41, 5.74) is 8.19. The number of likely N-dealkylation sites (N-methyl/N-ethyl adjacent to an activating group) is 1. The van der Waals surface area contributed by atoms with E-state index in [0.29, 0.717) is 6.42 Å². The number of halogens is 1. The molecule has 0 saturated carbocycles. The molecule has 4 aromatic rings. The molecule has 4 rings (SSSR count). The fourth-order valence-corrected chi connectivity index (χ4v) is 4.31. The van der Waals surface area contributed by atoms with Crippen molar-refractivity contribution in [2.75, 3.05) is 26.5 Å². The van der Waals surface area contributed by atoms with Crippen molar-refractivity contribution in [1.29, 1.82) is 0 Å². The molecule has 0 aliphatic heterocycles. The number of H-pyrrole nitrogens is 1. The third-order valence-corrected chi connectivity index (χ3v) is 6.11. The van der Waals surface area contributed by atoms with Crippen molar-refractivity contribution in [3.8, 4) is 24.0 Å². The largest absolute Gasteiger partial charge is 0.378 e. The minimum absolute atomic E-state index is 0.237. The maximum Gasteiger partial charge on any atom is 0.129 e. The van der Waals surface area contributed by atoms with Crippen LogP contribution >= 0.6 is 0 Å². The van der Waals surface area contributed by atoms with Crippen LogP contribution in [0, 0.1) is 18.7 Å². The molecule has 0 bridgehead atoms. The van der Waals surface area contributed by atoms with Crippen LogP contribution in [0.3, 0.4) is 0 Å². The van der Waals surface area contributed by atoms with Crippen molar-refractivity contribution in [3.05, 3.63) is 114 Å². The summed E-state index contributed by atoms with van der Waals surface area (Å²) < 4.78 is 13.9. The highest BCUT2D eigenvalue weighted by Crippen LogP contribution is 2.31.